The normalized spacial score (nSPS) is 31.4. The van der Waals surface area contributed by atoms with E-state index < -0.39 is 0 Å². The van der Waals surface area contributed by atoms with E-state index in [0.29, 0.717) is 31.7 Å². The van der Waals surface area contributed by atoms with Gasteiger partial charge in [0.25, 0.3) is 0 Å². The smallest absolute Gasteiger partial charge is 0.136 e. The predicted octanol–water partition coefficient (Wildman–Crippen LogP) is 3.65. The van der Waals surface area contributed by atoms with Crippen LogP contribution in [0.1, 0.15) is 70.6 Å². The number of aliphatic hydroxyl groups excluding tert-OH is 2. The first-order valence-electron chi connectivity index (χ1n) is 10.2. The summed E-state index contributed by atoms with van der Waals surface area (Å²) in [5, 5.41) is 18.8. The van der Waals surface area contributed by atoms with Crippen molar-refractivity contribution in [2.75, 3.05) is 13.2 Å². The van der Waals surface area contributed by atoms with Gasteiger partial charge in [-0.1, -0.05) is 6.08 Å². The second-order valence-corrected chi connectivity index (χ2v) is 7.94. The van der Waals surface area contributed by atoms with Crippen LogP contribution < -0.4 is 0 Å². The first-order valence-corrected chi connectivity index (χ1v) is 10.2. The van der Waals surface area contributed by atoms with Crippen molar-refractivity contribution < 1.29 is 19.7 Å². The minimum Gasteiger partial charge on any atom is -0.396 e. The highest BCUT2D eigenvalue weighted by atomic mass is 16.5. The molecule has 0 amide bonds. The van der Waals surface area contributed by atoms with Gasteiger partial charge in [0.05, 0.1) is 18.8 Å². The Kier molecular flexibility index (Phi) is 9.14. The molecule has 4 nitrogen and oxygen atoms in total. The van der Waals surface area contributed by atoms with Crippen molar-refractivity contribution in [1.82, 2.24) is 0 Å². The number of carbonyl (C=O) groups is 1. The Hall–Kier alpha value is -0.710. The molecule has 2 aliphatic carbocycles. The lowest BCUT2D eigenvalue weighted by Gasteiger charge is -2.36. The summed E-state index contributed by atoms with van der Waals surface area (Å²) in [5.41, 5.74) is 0. The third kappa shape index (κ3) is 6.84. The van der Waals surface area contributed by atoms with Gasteiger partial charge < -0.3 is 14.9 Å². The highest BCUT2D eigenvalue weighted by Gasteiger charge is 2.32. The van der Waals surface area contributed by atoms with Crippen LogP contribution in [0.5, 0.6) is 0 Å². The van der Waals surface area contributed by atoms with E-state index in [4.69, 9.17) is 9.84 Å². The van der Waals surface area contributed by atoms with Crippen molar-refractivity contribution in [2.45, 2.75) is 82.8 Å². The van der Waals surface area contributed by atoms with Crippen LogP contribution in [0.4, 0.5) is 0 Å². The van der Waals surface area contributed by atoms with E-state index in [1.165, 1.54) is 12.8 Å². The van der Waals surface area contributed by atoms with Gasteiger partial charge in [0.2, 0.25) is 0 Å². The number of rotatable bonds is 10. The number of ketones is 1. The molecule has 0 spiro atoms. The maximum absolute atomic E-state index is 12.5. The largest absolute Gasteiger partial charge is 0.396 e. The van der Waals surface area contributed by atoms with Crippen LogP contribution in [-0.4, -0.2) is 41.4 Å². The van der Waals surface area contributed by atoms with E-state index in [1.807, 2.05) is 0 Å². The van der Waals surface area contributed by atoms with Gasteiger partial charge in [0.1, 0.15) is 5.78 Å². The minimum absolute atomic E-state index is 0.0445. The van der Waals surface area contributed by atoms with Crippen molar-refractivity contribution >= 4 is 5.78 Å². The number of ether oxygens (including phenoxy) is 1. The van der Waals surface area contributed by atoms with Crippen LogP contribution in [0.2, 0.25) is 0 Å². The molecule has 0 heterocycles. The number of carbonyl (C=O) groups excluding carboxylic acids is 1. The summed E-state index contributed by atoms with van der Waals surface area (Å²) in [7, 11) is 0. The molecule has 4 heteroatoms. The zero-order chi connectivity index (χ0) is 18.1. The minimum atomic E-state index is -0.0793. The van der Waals surface area contributed by atoms with Gasteiger partial charge in [-0.25, -0.2) is 0 Å². The van der Waals surface area contributed by atoms with Crippen molar-refractivity contribution in [1.29, 1.82) is 0 Å². The van der Waals surface area contributed by atoms with Gasteiger partial charge in [-0.3, -0.25) is 4.79 Å². The van der Waals surface area contributed by atoms with Crippen molar-refractivity contribution in [3.63, 3.8) is 0 Å². The average molecular weight is 353 g/mol. The highest BCUT2D eigenvalue weighted by Crippen LogP contribution is 2.40. The Morgan fingerprint density at radius 1 is 1.04 bits per heavy atom. The van der Waals surface area contributed by atoms with Gasteiger partial charge in [0.15, 0.2) is 0 Å². The fourth-order valence-corrected chi connectivity index (χ4v) is 4.65. The first-order chi connectivity index (χ1) is 12.1. The van der Waals surface area contributed by atoms with Gasteiger partial charge in [-0.05, 0) is 76.0 Å². The monoisotopic (exact) mass is 352 g/mol. The van der Waals surface area contributed by atoms with Crippen LogP contribution in [-0.2, 0) is 9.53 Å². The molecule has 2 aliphatic rings. The molecule has 0 radical (unpaired) electrons. The van der Waals surface area contributed by atoms with Crippen molar-refractivity contribution in [3.8, 4) is 0 Å². The van der Waals surface area contributed by atoms with E-state index in [-0.39, 0.29) is 24.7 Å². The van der Waals surface area contributed by atoms with E-state index in [9.17, 15) is 9.90 Å². The highest BCUT2D eigenvalue weighted by molar-refractivity contribution is 5.81. The number of aliphatic hydroxyl groups is 2. The molecule has 2 N–H and O–H groups in total. The Morgan fingerprint density at radius 3 is 2.20 bits per heavy atom. The lowest BCUT2D eigenvalue weighted by atomic mass is 9.69. The average Bonchev–Trinajstić information content (AvgIpc) is 2.64. The van der Waals surface area contributed by atoms with Gasteiger partial charge in [-0.15, -0.1) is 6.58 Å². The Balaban J connectivity index is 1.68. The summed E-state index contributed by atoms with van der Waals surface area (Å²) in [6.07, 6.45) is 12.1. The number of hydrogen-bond donors (Lipinski definition) is 2. The Morgan fingerprint density at radius 2 is 1.64 bits per heavy atom. The Bertz CT molecular complexity index is 393. The molecule has 2 saturated carbocycles. The lowest BCUT2D eigenvalue weighted by Crippen LogP contribution is -2.29. The molecule has 1 unspecified atom stereocenters. The first kappa shape index (κ1) is 20.6. The number of Topliss-reactive ketones (excluding diaryl/α,β-unsaturated/α-hetero) is 1. The van der Waals surface area contributed by atoms with E-state index >= 15 is 0 Å². The van der Waals surface area contributed by atoms with E-state index in [0.717, 1.165) is 50.4 Å². The second kappa shape index (κ2) is 11.1. The topological polar surface area (TPSA) is 66.8 Å². The fourth-order valence-electron chi connectivity index (χ4n) is 4.65. The molecular weight excluding hydrogens is 316 g/mol. The third-order valence-electron chi connectivity index (χ3n) is 6.25. The number of hydrogen-bond acceptors (Lipinski definition) is 4. The zero-order valence-corrected chi connectivity index (χ0v) is 15.6. The summed E-state index contributed by atoms with van der Waals surface area (Å²) >= 11 is 0. The molecule has 2 fully saturated rings. The molecular formula is C21H36O4. The van der Waals surface area contributed by atoms with Crippen molar-refractivity contribution in [3.05, 3.63) is 12.7 Å². The summed E-state index contributed by atoms with van der Waals surface area (Å²) < 4.78 is 5.62. The molecule has 25 heavy (non-hydrogen) atoms. The quantitative estimate of drug-likeness (QED) is 0.589. The second-order valence-electron chi connectivity index (χ2n) is 7.94. The molecule has 1 atom stereocenters. The van der Waals surface area contributed by atoms with E-state index in [1.54, 1.807) is 6.08 Å². The summed E-state index contributed by atoms with van der Waals surface area (Å²) in [6, 6.07) is 0. The maximum Gasteiger partial charge on any atom is 0.136 e. The van der Waals surface area contributed by atoms with Crippen LogP contribution in [0, 0.1) is 17.8 Å². The van der Waals surface area contributed by atoms with Crippen LogP contribution in [0.25, 0.3) is 0 Å². The van der Waals surface area contributed by atoms with E-state index in [2.05, 4.69) is 6.58 Å². The van der Waals surface area contributed by atoms with Gasteiger partial charge >= 0.3 is 0 Å². The molecule has 2 rings (SSSR count). The van der Waals surface area contributed by atoms with Crippen LogP contribution in [0.3, 0.4) is 0 Å². The Labute approximate surface area is 152 Å². The lowest BCUT2D eigenvalue weighted by molar-refractivity contribution is -0.125. The molecule has 0 aromatic rings. The van der Waals surface area contributed by atoms with Crippen molar-refractivity contribution in [2.24, 2.45) is 17.8 Å². The summed E-state index contributed by atoms with van der Waals surface area (Å²) in [6.45, 7) is 4.21. The molecule has 0 aromatic carbocycles. The molecule has 0 bridgehead atoms. The third-order valence-corrected chi connectivity index (χ3v) is 6.25. The van der Waals surface area contributed by atoms with Gasteiger partial charge in [0, 0.05) is 18.9 Å². The SMILES string of the molecule is C=CCOC(CCO)CCC(=O)C1CCC(C2CCC(O)CC2)CC1. The van der Waals surface area contributed by atoms with Crippen LogP contribution in [0.15, 0.2) is 12.7 Å². The van der Waals surface area contributed by atoms with Crippen LogP contribution >= 0.6 is 0 Å². The fraction of sp³-hybridized carbons (Fsp3) is 0.857. The standard InChI is InChI=1S/C21H36O4/c1-2-15-25-20(13-14-22)11-12-21(24)18-5-3-16(4-6-18)17-7-9-19(23)10-8-17/h2,16-20,22-23H,1,3-15H2. The summed E-state index contributed by atoms with van der Waals surface area (Å²) in [5.74, 6) is 2.12. The molecule has 0 saturated heterocycles. The molecule has 0 aromatic heterocycles. The summed E-state index contributed by atoms with van der Waals surface area (Å²) in [4.78, 5) is 12.5. The van der Waals surface area contributed by atoms with Gasteiger partial charge in [-0.2, -0.15) is 0 Å². The zero-order valence-electron chi connectivity index (χ0n) is 15.6. The predicted molar refractivity (Wildman–Crippen MR) is 99.3 cm³/mol. The molecule has 144 valence electrons. The maximum atomic E-state index is 12.5. The molecule has 0 aliphatic heterocycles.